The lowest BCUT2D eigenvalue weighted by Crippen LogP contribution is -2.05. The fourth-order valence-corrected chi connectivity index (χ4v) is 4.30. The van der Waals surface area contributed by atoms with Crippen molar-refractivity contribution in [2.45, 2.75) is 37.5 Å². The molecule has 0 atom stereocenters. The normalized spacial score (nSPS) is 15.1. The highest BCUT2D eigenvalue weighted by Gasteiger charge is 2.29. The molecule has 2 heterocycles. The van der Waals surface area contributed by atoms with E-state index in [4.69, 9.17) is 0 Å². The molecule has 124 valence electrons. The monoisotopic (exact) mass is 341 g/mol. The van der Waals surface area contributed by atoms with Gasteiger partial charge >= 0.3 is 0 Å². The molecule has 0 amide bonds. The summed E-state index contributed by atoms with van der Waals surface area (Å²) in [5.41, 5.74) is 4.61. The molecule has 6 heteroatoms. The molecule has 0 unspecified atom stereocenters. The number of benzene rings is 1. The number of nitrogens with zero attached hydrogens (tertiary/aromatic N) is 2. The number of hydrogen-bond acceptors (Lipinski definition) is 4. The van der Waals surface area contributed by atoms with Crippen LogP contribution in [0.2, 0.25) is 0 Å². The molecule has 4 rings (SSSR count). The van der Waals surface area contributed by atoms with Crippen LogP contribution in [0.3, 0.4) is 0 Å². The summed E-state index contributed by atoms with van der Waals surface area (Å²) >= 11 is 0. The molecule has 24 heavy (non-hydrogen) atoms. The van der Waals surface area contributed by atoms with Gasteiger partial charge in [-0.1, -0.05) is 13.0 Å². The highest BCUT2D eigenvalue weighted by Crippen LogP contribution is 2.44. The molecule has 1 aliphatic carbocycles. The largest absolute Gasteiger partial charge is 0.277 e. The standard InChI is InChI=1S/C18H19N3O2S/c1-3-24(22,23)15-7-6-13(10-11(15)2)17-16-14(8-9-19-17)20-21-18(16)12-4-5-12/h6-10,12H,3-5H2,1-2H3,(H,20,21). The third kappa shape index (κ3) is 2.41. The zero-order chi connectivity index (χ0) is 16.9. The van der Waals surface area contributed by atoms with Crippen molar-refractivity contribution >= 4 is 20.7 Å². The third-order valence-corrected chi connectivity index (χ3v) is 6.52. The Hall–Kier alpha value is -2.21. The number of rotatable bonds is 4. The zero-order valence-electron chi connectivity index (χ0n) is 13.7. The molecule has 1 fully saturated rings. The lowest BCUT2D eigenvalue weighted by molar-refractivity contribution is 0.596. The van der Waals surface area contributed by atoms with Crippen molar-refractivity contribution in [2.24, 2.45) is 0 Å². The van der Waals surface area contributed by atoms with Gasteiger partial charge in [-0.2, -0.15) is 5.10 Å². The second-order valence-electron chi connectivity index (χ2n) is 6.35. The van der Waals surface area contributed by atoms with Gasteiger partial charge < -0.3 is 0 Å². The van der Waals surface area contributed by atoms with Crippen LogP contribution < -0.4 is 0 Å². The molecule has 0 aliphatic heterocycles. The number of nitrogens with one attached hydrogen (secondary N) is 1. The highest BCUT2D eigenvalue weighted by molar-refractivity contribution is 7.91. The van der Waals surface area contributed by atoms with Crippen LogP contribution in [0, 0.1) is 6.92 Å². The quantitative estimate of drug-likeness (QED) is 0.786. The van der Waals surface area contributed by atoms with Crippen molar-refractivity contribution in [3.05, 3.63) is 41.7 Å². The van der Waals surface area contributed by atoms with E-state index in [1.807, 2.05) is 25.1 Å². The van der Waals surface area contributed by atoms with Crippen molar-refractivity contribution in [2.75, 3.05) is 5.75 Å². The van der Waals surface area contributed by atoms with Gasteiger partial charge in [-0.3, -0.25) is 10.1 Å². The molecule has 2 aromatic heterocycles. The molecule has 0 bridgehead atoms. The Morgan fingerprint density at radius 1 is 1.25 bits per heavy atom. The van der Waals surface area contributed by atoms with Gasteiger partial charge in [-0.05, 0) is 43.5 Å². The first kappa shape index (κ1) is 15.3. The summed E-state index contributed by atoms with van der Waals surface area (Å²) in [5.74, 6) is 0.622. The predicted molar refractivity (Wildman–Crippen MR) is 93.8 cm³/mol. The van der Waals surface area contributed by atoms with E-state index in [1.165, 1.54) is 12.8 Å². The van der Waals surface area contributed by atoms with Gasteiger partial charge in [-0.25, -0.2) is 8.42 Å². The molecule has 3 aromatic rings. The van der Waals surface area contributed by atoms with Gasteiger partial charge in [0.2, 0.25) is 0 Å². The Morgan fingerprint density at radius 2 is 2.04 bits per heavy atom. The Morgan fingerprint density at radius 3 is 2.71 bits per heavy atom. The first-order valence-electron chi connectivity index (χ1n) is 8.18. The predicted octanol–water partition coefficient (Wildman–Crippen LogP) is 3.60. The van der Waals surface area contributed by atoms with E-state index >= 15 is 0 Å². The minimum absolute atomic E-state index is 0.106. The first-order valence-corrected chi connectivity index (χ1v) is 9.83. The fourth-order valence-electron chi connectivity index (χ4n) is 3.16. The summed E-state index contributed by atoms with van der Waals surface area (Å²) in [4.78, 5) is 4.96. The number of H-pyrrole nitrogens is 1. The van der Waals surface area contributed by atoms with Gasteiger partial charge in [0.1, 0.15) is 0 Å². The minimum Gasteiger partial charge on any atom is -0.277 e. The van der Waals surface area contributed by atoms with Crippen LogP contribution in [0.1, 0.15) is 36.9 Å². The van der Waals surface area contributed by atoms with Gasteiger partial charge in [0.05, 0.1) is 27.6 Å². The number of aromatic amines is 1. The van der Waals surface area contributed by atoms with E-state index in [1.54, 1.807) is 19.2 Å². The van der Waals surface area contributed by atoms with Crippen LogP contribution in [0.4, 0.5) is 0 Å². The van der Waals surface area contributed by atoms with Gasteiger partial charge in [0, 0.05) is 23.1 Å². The Bertz CT molecular complexity index is 1030. The number of hydrogen-bond donors (Lipinski definition) is 1. The van der Waals surface area contributed by atoms with E-state index < -0.39 is 9.84 Å². The summed E-state index contributed by atoms with van der Waals surface area (Å²) in [6, 6.07) is 7.39. The van der Waals surface area contributed by atoms with Gasteiger partial charge in [-0.15, -0.1) is 0 Å². The van der Waals surface area contributed by atoms with E-state index in [9.17, 15) is 8.42 Å². The van der Waals surface area contributed by atoms with Crippen LogP contribution in [0.25, 0.3) is 22.2 Å². The summed E-state index contributed by atoms with van der Waals surface area (Å²) in [6.45, 7) is 3.50. The van der Waals surface area contributed by atoms with Crippen molar-refractivity contribution in [3.63, 3.8) is 0 Å². The van der Waals surface area contributed by atoms with E-state index in [-0.39, 0.29) is 5.75 Å². The highest BCUT2D eigenvalue weighted by atomic mass is 32.2. The fraction of sp³-hybridized carbons (Fsp3) is 0.333. The van der Waals surface area contributed by atoms with E-state index in [2.05, 4.69) is 15.2 Å². The van der Waals surface area contributed by atoms with Gasteiger partial charge in [0.15, 0.2) is 9.84 Å². The lowest BCUT2D eigenvalue weighted by Gasteiger charge is -2.09. The number of aryl methyl sites for hydroxylation is 1. The molecule has 1 saturated carbocycles. The van der Waals surface area contributed by atoms with Crippen LogP contribution >= 0.6 is 0 Å². The number of aromatic nitrogens is 3. The summed E-state index contributed by atoms with van der Waals surface area (Å²) in [7, 11) is -3.21. The number of sulfone groups is 1. The maximum Gasteiger partial charge on any atom is 0.178 e. The van der Waals surface area contributed by atoms with Crippen molar-refractivity contribution in [1.82, 2.24) is 15.2 Å². The zero-order valence-corrected chi connectivity index (χ0v) is 14.5. The second-order valence-corrected chi connectivity index (χ2v) is 8.60. The average molecular weight is 341 g/mol. The maximum atomic E-state index is 12.2. The van der Waals surface area contributed by atoms with Crippen molar-refractivity contribution in [1.29, 1.82) is 0 Å². The molecule has 1 aliphatic rings. The van der Waals surface area contributed by atoms with Crippen molar-refractivity contribution < 1.29 is 8.42 Å². The topological polar surface area (TPSA) is 75.7 Å². The molecule has 5 nitrogen and oxygen atoms in total. The molecule has 0 saturated heterocycles. The Balaban J connectivity index is 1.89. The smallest absolute Gasteiger partial charge is 0.178 e. The second kappa shape index (κ2) is 5.41. The number of pyridine rings is 1. The summed E-state index contributed by atoms with van der Waals surface area (Å²) in [5, 5.41) is 8.63. The summed E-state index contributed by atoms with van der Waals surface area (Å²) in [6.07, 6.45) is 4.10. The van der Waals surface area contributed by atoms with Crippen molar-refractivity contribution in [3.8, 4) is 11.3 Å². The van der Waals surface area contributed by atoms with Crippen LogP contribution in [0.15, 0.2) is 35.4 Å². The molecular weight excluding hydrogens is 322 g/mol. The van der Waals surface area contributed by atoms with Crippen LogP contribution in [0.5, 0.6) is 0 Å². The molecule has 0 spiro atoms. The number of fused-ring (bicyclic) bond motifs is 1. The van der Waals surface area contributed by atoms with E-state index in [0.717, 1.165) is 33.4 Å². The van der Waals surface area contributed by atoms with Crippen LogP contribution in [-0.2, 0) is 9.84 Å². The minimum atomic E-state index is -3.21. The summed E-state index contributed by atoms with van der Waals surface area (Å²) < 4.78 is 24.3. The van der Waals surface area contributed by atoms with E-state index in [0.29, 0.717) is 10.8 Å². The first-order chi connectivity index (χ1) is 11.5. The Kier molecular flexibility index (Phi) is 3.46. The average Bonchev–Trinajstić information content (AvgIpc) is 3.33. The lowest BCUT2D eigenvalue weighted by atomic mass is 10.0. The Labute approximate surface area is 141 Å². The maximum absolute atomic E-state index is 12.2. The molecular formula is C18H19N3O2S. The molecule has 1 aromatic carbocycles. The third-order valence-electron chi connectivity index (χ3n) is 4.63. The van der Waals surface area contributed by atoms with Crippen LogP contribution in [-0.4, -0.2) is 29.4 Å². The SMILES string of the molecule is CCS(=O)(=O)c1ccc(-c2nccc3[nH]nc(C4CC4)c23)cc1C. The molecule has 0 radical (unpaired) electrons. The van der Waals surface area contributed by atoms with Gasteiger partial charge in [0.25, 0.3) is 0 Å². The molecule has 1 N–H and O–H groups in total.